The van der Waals surface area contributed by atoms with Crippen molar-refractivity contribution in [1.29, 1.82) is 0 Å². The normalized spacial score (nSPS) is 16.2. The van der Waals surface area contributed by atoms with Crippen LogP contribution in [0.15, 0.2) is 18.2 Å². The molecule has 0 aliphatic heterocycles. The highest BCUT2D eigenvalue weighted by molar-refractivity contribution is 6.31. The number of hydrogen-bond donors (Lipinski definition) is 2. The molecule has 0 bridgehead atoms. The molecule has 1 aromatic rings. The molecular formula is C16H23ClN2O. The number of halogens is 1. The van der Waals surface area contributed by atoms with Gasteiger partial charge < -0.3 is 10.6 Å². The maximum absolute atomic E-state index is 11.9. The summed E-state index contributed by atoms with van der Waals surface area (Å²) in [6.07, 6.45) is 2.54. The van der Waals surface area contributed by atoms with Gasteiger partial charge in [-0.25, -0.2) is 0 Å². The average molecular weight is 295 g/mol. The molecule has 20 heavy (non-hydrogen) atoms. The molecule has 0 heterocycles. The predicted molar refractivity (Wildman–Crippen MR) is 84.2 cm³/mol. The molecule has 4 heteroatoms. The van der Waals surface area contributed by atoms with E-state index < -0.39 is 0 Å². The molecule has 0 aromatic heterocycles. The number of anilines is 1. The number of carbonyl (C=O) groups excluding carboxylic acids is 1. The quantitative estimate of drug-likeness (QED) is 0.841. The first kappa shape index (κ1) is 15.3. The average Bonchev–Trinajstić information content (AvgIpc) is 3.15. The number of amides is 1. The summed E-state index contributed by atoms with van der Waals surface area (Å²) in [4.78, 5) is 11.9. The van der Waals surface area contributed by atoms with Crippen LogP contribution in [-0.4, -0.2) is 19.0 Å². The molecule has 2 N–H and O–H groups in total. The standard InChI is InChI=1S/C16H23ClN2O/c1-11(2)16(6-7-16)10-18-9-15(20)19-14-8-13(17)5-4-12(14)3/h4-5,8,11,18H,6-7,9-10H2,1-3H3,(H,19,20). The number of benzene rings is 1. The predicted octanol–water partition coefficient (Wildman–Crippen LogP) is 3.61. The highest BCUT2D eigenvalue weighted by Crippen LogP contribution is 2.51. The van der Waals surface area contributed by atoms with E-state index in [1.165, 1.54) is 12.8 Å². The van der Waals surface area contributed by atoms with Crippen molar-refractivity contribution in [3.05, 3.63) is 28.8 Å². The van der Waals surface area contributed by atoms with Gasteiger partial charge >= 0.3 is 0 Å². The number of hydrogen-bond acceptors (Lipinski definition) is 2. The molecule has 0 saturated heterocycles. The van der Waals surface area contributed by atoms with Gasteiger partial charge in [0.25, 0.3) is 0 Å². The van der Waals surface area contributed by atoms with Crippen molar-refractivity contribution < 1.29 is 4.79 Å². The molecule has 0 unspecified atom stereocenters. The summed E-state index contributed by atoms with van der Waals surface area (Å²) in [5.74, 6) is 0.656. The van der Waals surface area contributed by atoms with Gasteiger partial charge in [0.2, 0.25) is 5.91 Å². The van der Waals surface area contributed by atoms with E-state index in [1.54, 1.807) is 6.07 Å². The van der Waals surface area contributed by atoms with Crippen LogP contribution in [0, 0.1) is 18.3 Å². The number of nitrogens with one attached hydrogen (secondary N) is 2. The number of aryl methyl sites for hydroxylation is 1. The molecule has 1 amide bonds. The fourth-order valence-electron chi connectivity index (χ4n) is 2.47. The second-order valence-electron chi connectivity index (χ2n) is 6.13. The first-order chi connectivity index (χ1) is 9.43. The second kappa shape index (κ2) is 6.15. The third kappa shape index (κ3) is 3.74. The number of rotatable bonds is 6. The molecule has 0 radical (unpaired) electrons. The zero-order chi connectivity index (χ0) is 14.8. The summed E-state index contributed by atoms with van der Waals surface area (Å²) in [7, 11) is 0. The van der Waals surface area contributed by atoms with Gasteiger partial charge in [0.05, 0.1) is 6.54 Å². The van der Waals surface area contributed by atoms with Gasteiger partial charge in [-0.2, -0.15) is 0 Å². The van der Waals surface area contributed by atoms with E-state index in [0.717, 1.165) is 17.8 Å². The van der Waals surface area contributed by atoms with Crippen LogP contribution in [0.5, 0.6) is 0 Å². The molecule has 1 fully saturated rings. The third-order valence-electron chi connectivity index (χ3n) is 4.35. The van der Waals surface area contributed by atoms with Gasteiger partial charge in [0, 0.05) is 17.3 Å². The van der Waals surface area contributed by atoms with Crippen LogP contribution in [0.4, 0.5) is 5.69 Å². The highest BCUT2D eigenvalue weighted by atomic mass is 35.5. The molecular weight excluding hydrogens is 272 g/mol. The molecule has 2 rings (SSSR count). The summed E-state index contributed by atoms with van der Waals surface area (Å²) in [6.45, 7) is 7.73. The second-order valence-corrected chi connectivity index (χ2v) is 6.56. The Labute approximate surface area is 126 Å². The third-order valence-corrected chi connectivity index (χ3v) is 4.59. The van der Waals surface area contributed by atoms with Crippen LogP contribution in [0.1, 0.15) is 32.3 Å². The first-order valence-electron chi connectivity index (χ1n) is 7.20. The van der Waals surface area contributed by atoms with Crippen LogP contribution in [0.2, 0.25) is 5.02 Å². The van der Waals surface area contributed by atoms with E-state index in [-0.39, 0.29) is 5.91 Å². The largest absolute Gasteiger partial charge is 0.325 e. The minimum absolute atomic E-state index is 0.0186. The van der Waals surface area contributed by atoms with Crippen molar-refractivity contribution in [1.82, 2.24) is 5.32 Å². The van der Waals surface area contributed by atoms with Gasteiger partial charge in [0.15, 0.2) is 0 Å². The molecule has 0 atom stereocenters. The zero-order valence-corrected chi connectivity index (χ0v) is 13.2. The molecule has 1 aliphatic carbocycles. The van der Waals surface area contributed by atoms with Crippen LogP contribution < -0.4 is 10.6 Å². The van der Waals surface area contributed by atoms with Crippen LogP contribution in [0.25, 0.3) is 0 Å². The van der Waals surface area contributed by atoms with Crippen molar-refractivity contribution in [2.24, 2.45) is 11.3 Å². The minimum Gasteiger partial charge on any atom is -0.325 e. The SMILES string of the molecule is Cc1ccc(Cl)cc1NC(=O)CNCC1(C(C)C)CC1. The summed E-state index contributed by atoms with van der Waals surface area (Å²) in [5.41, 5.74) is 2.23. The van der Waals surface area contributed by atoms with Crippen molar-refractivity contribution in [2.75, 3.05) is 18.4 Å². The molecule has 1 aliphatic rings. The van der Waals surface area contributed by atoms with Crippen LogP contribution in [0.3, 0.4) is 0 Å². The van der Waals surface area contributed by atoms with Gasteiger partial charge in [0.1, 0.15) is 0 Å². The van der Waals surface area contributed by atoms with Crippen molar-refractivity contribution >= 4 is 23.2 Å². The molecule has 0 spiro atoms. The van der Waals surface area contributed by atoms with Gasteiger partial charge in [-0.3, -0.25) is 4.79 Å². The monoisotopic (exact) mass is 294 g/mol. The van der Waals surface area contributed by atoms with Gasteiger partial charge in [-0.15, -0.1) is 0 Å². The molecule has 1 aromatic carbocycles. The Bertz CT molecular complexity index is 495. The lowest BCUT2D eigenvalue weighted by molar-refractivity contribution is -0.115. The van der Waals surface area contributed by atoms with E-state index in [0.29, 0.717) is 22.9 Å². The van der Waals surface area contributed by atoms with E-state index >= 15 is 0 Å². The van der Waals surface area contributed by atoms with E-state index in [4.69, 9.17) is 11.6 Å². The van der Waals surface area contributed by atoms with E-state index in [1.807, 2.05) is 19.1 Å². The van der Waals surface area contributed by atoms with Gasteiger partial charge in [-0.05, 0) is 48.8 Å². The summed E-state index contributed by atoms with van der Waals surface area (Å²) >= 11 is 5.94. The lowest BCUT2D eigenvalue weighted by Crippen LogP contribution is -2.34. The Hall–Kier alpha value is -1.06. The Morgan fingerprint density at radius 3 is 2.70 bits per heavy atom. The fraction of sp³-hybridized carbons (Fsp3) is 0.562. The topological polar surface area (TPSA) is 41.1 Å². The lowest BCUT2D eigenvalue weighted by Gasteiger charge is -2.20. The smallest absolute Gasteiger partial charge is 0.238 e. The van der Waals surface area contributed by atoms with E-state index in [9.17, 15) is 4.79 Å². The van der Waals surface area contributed by atoms with Gasteiger partial charge in [-0.1, -0.05) is 31.5 Å². The Kier molecular flexibility index (Phi) is 4.71. The lowest BCUT2D eigenvalue weighted by atomic mass is 9.92. The maximum Gasteiger partial charge on any atom is 0.238 e. The van der Waals surface area contributed by atoms with Crippen molar-refractivity contribution in [3.8, 4) is 0 Å². The Morgan fingerprint density at radius 1 is 1.40 bits per heavy atom. The van der Waals surface area contributed by atoms with Crippen LogP contribution >= 0.6 is 11.6 Å². The summed E-state index contributed by atoms with van der Waals surface area (Å²) < 4.78 is 0. The summed E-state index contributed by atoms with van der Waals surface area (Å²) in [5, 5.41) is 6.81. The summed E-state index contributed by atoms with van der Waals surface area (Å²) in [6, 6.07) is 5.51. The minimum atomic E-state index is -0.0186. The Balaban J connectivity index is 1.80. The maximum atomic E-state index is 11.9. The van der Waals surface area contributed by atoms with E-state index in [2.05, 4.69) is 24.5 Å². The van der Waals surface area contributed by atoms with Crippen molar-refractivity contribution in [2.45, 2.75) is 33.6 Å². The highest BCUT2D eigenvalue weighted by Gasteiger charge is 2.44. The zero-order valence-electron chi connectivity index (χ0n) is 12.4. The molecule has 3 nitrogen and oxygen atoms in total. The van der Waals surface area contributed by atoms with Crippen molar-refractivity contribution in [3.63, 3.8) is 0 Å². The number of carbonyl (C=O) groups is 1. The molecule has 1 saturated carbocycles. The first-order valence-corrected chi connectivity index (χ1v) is 7.57. The Morgan fingerprint density at radius 2 is 2.10 bits per heavy atom. The van der Waals surface area contributed by atoms with Crippen LogP contribution in [-0.2, 0) is 4.79 Å². The molecule has 110 valence electrons. The fourth-order valence-corrected chi connectivity index (χ4v) is 2.64.